The quantitative estimate of drug-likeness (QED) is 0.699. The van der Waals surface area contributed by atoms with Crippen LogP contribution >= 0.6 is 0 Å². The minimum Gasteiger partial charge on any atom is -0.345 e. The normalized spacial score (nSPS) is 11.8. The van der Waals surface area contributed by atoms with E-state index in [-0.39, 0.29) is 5.75 Å². The molecule has 0 saturated heterocycles. The average Bonchev–Trinajstić information content (AvgIpc) is 2.10. The minimum atomic E-state index is -2.94. The van der Waals surface area contributed by atoms with Crippen molar-refractivity contribution in [3.63, 3.8) is 0 Å². The van der Waals surface area contributed by atoms with Gasteiger partial charge < -0.3 is 4.98 Å². The fourth-order valence-corrected chi connectivity index (χ4v) is 1.54. The first-order chi connectivity index (χ1) is 4.97. The van der Waals surface area contributed by atoms with Gasteiger partial charge in [-0.1, -0.05) is 0 Å². The molecule has 0 bridgehead atoms. The van der Waals surface area contributed by atoms with Crippen molar-refractivity contribution in [1.82, 2.24) is 9.97 Å². The Morgan fingerprint density at radius 3 is 2.64 bits per heavy atom. The molecule has 0 amide bonds. The molecule has 1 heterocycles. The first kappa shape index (κ1) is 8.26. The molecular formula is C6H10N2O2S. The second-order valence-corrected chi connectivity index (χ2v) is 4.70. The van der Waals surface area contributed by atoms with Crippen LogP contribution in [0.15, 0.2) is 6.20 Å². The second kappa shape index (κ2) is 2.65. The number of rotatable bonds is 2. The summed E-state index contributed by atoms with van der Waals surface area (Å²) in [6, 6.07) is 0. The summed E-state index contributed by atoms with van der Waals surface area (Å²) in [4.78, 5) is 6.72. The van der Waals surface area contributed by atoms with E-state index in [0.717, 1.165) is 5.82 Å². The SMILES string of the molecule is Cc1ncc(CS(C)(=O)=O)[nH]1. The summed E-state index contributed by atoms with van der Waals surface area (Å²) in [6.07, 6.45) is 2.74. The Hall–Kier alpha value is -0.840. The molecule has 0 radical (unpaired) electrons. The predicted octanol–water partition coefficient (Wildman–Crippen LogP) is 0.263. The smallest absolute Gasteiger partial charge is 0.153 e. The number of nitrogens with zero attached hydrogens (tertiary/aromatic N) is 1. The molecule has 0 fully saturated rings. The van der Waals surface area contributed by atoms with Crippen molar-refractivity contribution in [3.8, 4) is 0 Å². The average molecular weight is 174 g/mol. The zero-order valence-electron chi connectivity index (χ0n) is 6.46. The highest BCUT2D eigenvalue weighted by Gasteiger charge is 2.05. The van der Waals surface area contributed by atoms with E-state index in [2.05, 4.69) is 9.97 Å². The Bertz CT molecular complexity index is 339. The number of aromatic nitrogens is 2. The molecule has 0 unspecified atom stereocenters. The monoisotopic (exact) mass is 174 g/mol. The third-order valence-electron chi connectivity index (χ3n) is 1.17. The van der Waals surface area contributed by atoms with Gasteiger partial charge in [0, 0.05) is 18.1 Å². The van der Waals surface area contributed by atoms with Crippen molar-refractivity contribution in [1.29, 1.82) is 0 Å². The maximum Gasteiger partial charge on any atom is 0.153 e. The molecule has 0 aliphatic heterocycles. The summed E-state index contributed by atoms with van der Waals surface area (Å²) >= 11 is 0. The Balaban J connectivity index is 2.81. The lowest BCUT2D eigenvalue weighted by Crippen LogP contribution is -2.00. The van der Waals surface area contributed by atoms with E-state index in [1.54, 1.807) is 6.92 Å². The summed E-state index contributed by atoms with van der Waals surface area (Å²) in [5.41, 5.74) is 0.644. The van der Waals surface area contributed by atoms with Gasteiger partial charge in [0.2, 0.25) is 0 Å². The molecule has 0 aliphatic rings. The lowest BCUT2D eigenvalue weighted by atomic mass is 10.6. The number of nitrogens with one attached hydrogen (secondary N) is 1. The molecule has 62 valence electrons. The summed E-state index contributed by atoms with van der Waals surface area (Å²) in [5, 5.41) is 0. The van der Waals surface area contributed by atoms with E-state index in [1.165, 1.54) is 12.5 Å². The van der Waals surface area contributed by atoms with Crippen LogP contribution in [-0.4, -0.2) is 24.6 Å². The molecule has 5 heteroatoms. The van der Waals surface area contributed by atoms with Gasteiger partial charge in [-0.15, -0.1) is 0 Å². The van der Waals surface area contributed by atoms with Gasteiger partial charge in [-0.2, -0.15) is 0 Å². The number of sulfone groups is 1. The predicted molar refractivity (Wildman–Crippen MR) is 41.9 cm³/mol. The van der Waals surface area contributed by atoms with E-state index in [4.69, 9.17) is 0 Å². The van der Waals surface area contributed by atoms with Gasteiger partial charge in [0.15, 0.2) is 9.84 Å². The number of aromatic amines is 1. The Morgan fingerprint density at radius 1 is 1.64 bits per heavy atom. The maximum absolute atomic E-state index is 10.8. The maximum atomic E-state index is 10.8. The van der Waals surface area contributed by atoms with Gasteiger partial charge in [0.25, 0.3) is 0 Å². The van der Waals surface area contributed by atoms with Crippen LogP contribution < -0.4 is 0 Å². The van der Waals surface area contributed by atoms with Crippen molar-refractivity contribution in [2.24, 2.45) is 0 Å². The van der Waals surface area contributed by atoms with E-state index in [9.17, 15) is 8.42 Å². The third kappa shape index (κ3) is 2.71. The summed E-state index contributed by atoms with van der Waals surface area (Å²) in [6.45, 7) is 1.78. The van der Waals surface area contributed by atoms with Crippen molar-refractivity contribution in [2.75, 3.05) is 6.26 Å². The Labute approximate surface area is 65.6 Å². The first-order valence-electron chi connectivity index (χ1n) is 3.15. The molecule has 4 nitrogen and oxygen atoms in total. The van der Waals surface area contributed by atoms with Crippen LogP contribution in [0.3, 0.4) is 0 Å². The van der Waals surface area contributed by atoms with Crippen molar-refractivity contribution in [2.45, 2.75) is 12.7 Å². The van der Waals surface area contributed by atoms with Crippen LogP contribution in [0.2, 0.25) is 0 Å². The zero-order chi connectivity index (χ0) is 8.48. The van der Waals surface area contributed by atoms with E-state index >= 15 is 0 Å². The lowest BCUT2D eigenvalue weighted by Gasteiger charge is -1.91. The van der Waals surface area contributed by atoms with Gasteiger partial charge in [0.1, 0.15) is 5.82 Å². The van der Waals surface area contributed by atoms with Gasteiger partial charge in [-0.05, 0) is 6.92 Å². The largest absolute Gasteiger partial charge is 0.345 e. The van der Waals surface area contributed by atoms with Crippen LogP contribution in [0.25, 0.3) is 0 Å². The van der Waals surface area contributed by atoms with Crippen LogP contribution in [-0.2, 0) is 15.6 Å². The second-order valence-electron chi connectivity index (χ2n) is 2.56. The molecule has 1 aromatic rings. The topological polar surface area (TPSA) is 62.8 Å². The van der Waals surface area contributed by atoms with Crippen LogP contribution in [0.1, 0.15) is 11.5 Å². The van der Waals surface area contributed by atoms with E-state index in [1.807, 2.05) is 0 Å². The number of H-pyrrole nitrogens is 1. The molecule has 0 atom stereocenters. The minimum absolute atomic E-state index is 0.0356. The zero-order valence-corrected chi connectivity index (χ0v) is 7.27. The highest BCUT2D eigenvalue weighted by atomic mass is 32.2. The molecule has 0 aromatic carbocycles. The summed E-state index contributed by atoms with van der Waals surface area (Å²) in [5.74, 6) is 0.775. The lowest BCUT2D eigenvalue weighted by molar-refractivity contribution is 0.600. The molecule has 1 rings (SSSR count). The number of aryl methyl sites for hydroxylation is 1. The standard InChI is InChI=1S/C6H10N2O2S/c1-5-7-3-6(8-5)4-11(2,9)10/h3H,4H2,1-2H3,(H,7,8). The van der Waals surface area contributed by atoms with Crippen molar-refractivity contribution < 1.29 is 8.42 Å². The van der Waals surface area contributed by atoms with Crippen molar-refractivity contribution in [3.05, 3.63) is 17.7 Å². The van der Waals surface area contributed by atoms with Gasteiger partial charge in [0.05, 0.1) is 5.75 Å². The van der Waals surface area contributed by atoms with E-state index < -0.39 is 9.84 Å². The number of hydrogen-bond acceptors (Lipinski definition) is 3. The Morgan fingerprint density at radius 2 is 2.27 bits per heavy atom. The Kier molecular flexibility index (Phi) is 1.99. The van der Waals surface area contributed by atoms with Crippen LogP contribution in [0, 0.1) is 6.92 Å². The summed E-state index contributed by atoms with van der Waals surface area (Å²) < 4.78 is 21.5. The molecule has 0 aliphatic carbocycles. The number of imidazole rings is 1. The van der Waals surface area contributed by atoms with Crippen LogP contribution in [0.5, 0.6) is 0 Å². The van der Waals surface area contributed by atoms with Crippen LogP contribution in [0.4, 0.5) is 0 Å². The third-order valence-corrected chi connectivity index (χ3v) is 2.01. The molecule has 0 saturated carbocycles. The first-order valence-corrected chi connectivity index (χ1v) is 5.21. The highest BCUT2D eigenvalue weighted by Crippen LogP contribution is 2.00. The number of hydrogen-bond donors (Lipinski definition) is 1. The molecule has 0 spiro atoms. The molecule has 11 heavy (non-hydrogen) atoms. The van der Waals surface area contributed by atoms with Gasteiger partial charge in [-0.25, -0.2) is 13.4 Å². The molecule has 1 aromatic heterocycles. The molecule has 1 N–H and O–H groups in total. The summed E-state index contributed by atoms with van der Waals surface area (Å²) in [7, 11) is -2.94. The highest BCUT2D eigenvalue weighted by molar-refractivity contribution is 7.89. The van der Waals surface area contributed by atoms with Gasteiger partial charge in [-0.3, -0.25) is 0 Å². The van der Waals surface area contributed by atoms with Gasteiger partial charge >= 0.3 is 0 Å². The fourth-order valence-electron chi connectivity index (χ4n) is 0.827. The van der Waals surface area contributed by atoms with E-state index in [0.29, 0.717) is 5.69 Å². The fraction of sp³-hybridized carbons (Fsp3) is 0.500. The molecular weight excluding hydrogens is 164 g/mol. The van der Waals surface area contributed by atoms with Crippen molar-refractivity contribution >= 4 is 9.84 Å².